The van der Waals surface area contributed by atoms with E-state index in [1.165, 1.54) is 5.56 Å². The third-order valence-electron chi connectivity index (χ3n) is 4.94. The van der Waals surface area contributed by atoms with Crippen LogP contribution in [-0.4, -0.2) is 21.0 Å². The van der Waals surface area contributed by atoms with Gasteiger partial charge in [0.15, 0.2) is 8.32 Å². The molecule has 0 spiro atoms. The van der Waals surface area contributed by atoms with Crippen molar-refractivity contribution in [2.75, 3.05) is 6.61 Å². The van der Waals surface area contributed by atoms with Crippen molar-refractivity contribution in [2.45, 2.75) is 65.0 Å². The molecule has 1 aromatic rings. The van der Waals surface area contributed by atoms with E-state index < -0.39 is 8.32 Å². The van der Waals surface area contributed by atoms with Gasteiger partial charge < -0.3 is 9.16 Å². The molecule has 2 atom stereocenters. The van der Waals surface area contributed by atoms with E-state index in [4.69, 9.17) is 9.16 Å². The van der Waals surface area contributed by atoms with Crippen molar-refractivity contribution in [1.29, 1.82) is 0 Å². The van der Waals surface area contributed by atoms with Gasteiger partial charge in [0.1, 0.15) is 0 Å². The Morgan fingerprint density at radius 2 is 1.78 bits per heavy atom. The van der Waals surface area contributed by atoms with Gasteiger partial charge in [-0.3, -0.25) is 0 Å². The lowest BCUT2D eigenvalue weighted by molar-refractivity contribution is 0.00385. The average Bonchev–Trinajstić information content (AvgIpc) is 2.49. The fourth-order valence-corrected chi connectivity index (χ4v) is 3.14. The van der Waals surface area contributed by atoms with Crippen LogP contribution in [0.2, 0.25) is 18.1 Å². The summed E-state index contributed by atoms with van der Waals surface area (Å²) in [4.78, 5) is 0. The van der Waals surface area contributed by atoms with Gasteiger partial charge in [-0.05, 0) is 30.1 Å². The van der Waals surface area contributed by atoms with Gasteiger partial charge in [-0.15, -0.1) is 6.58 Å². The van der Waals surface area contributed by atoms with Crippen molar-refractivity contribution in [1.82, 2.24) is 0 Å². The fraction of sp³-hybridized carbons (Fsp3) is 0.600. The number of rotatable bonds is 9. The molecule has 0 fully saturated rings. The van der Waals surface area contributed by atoms with Gasteiger partial charge in [-0.2, -0.15) is 0 Å². The molecule has 0 radical (unpaired) electrons. The molecule has 2 nitrogen and oxygen atoms in total. The third-order valence-corrected chi connectivity index (χ3v) is 9.47. The van der Waals surface area contributed by atoms with Crippen LogP contribution in [0.1, 0.15) is 39.7 Å². The molecule has 0 saturated carbocycles. The lowest BCUT2D eigenvalue weighted by Crippen LogP contribution is -2.41. The van der Waals surface area contributed by atoms with Crippen molar-refractivity contribution < 1.29 is 9.16 Å². The molecular formula is C20H34O2Si. The first-order valence-electron chi connectivity index (χ1n) is 8.59. The Morgan fingerprint density at radius 3 is 2.30 bits per heavy atom. The molecule has 0 aliphatic rings. The average molecular weight is 335 g/mol. The Morgan fingerprint density at radius 1 is 1.17 bits per heavy atom. The van der Waals surface area contributed by atoms with E-state index in [2.05, 4.69) is 59.5 Å². The van der Waals surface area contributed by atoms with E-state index >= 15 is 0 Å². The van der Waals surface area contributed by atoms with Crippen LogP contribution >= 0.6 is 0 Å². The summed E-state index contributed by atoms with van der Waals surface area (Å²) in [5.41, 5.74) is 1.21. The van der Waals surface area contributed by atoms with Crippen LogP contribution in [0, 0.1) is 5.92 Å². The molecule has 0 unspecified atom stereocenters. The van der Waals surface area contributed by atoms with Crippen LogP contribution in [0.4, 0.5) is 0 Å². The van der Waals surface area contributed by atoms with Crippen LogP contribution in [0.3, 0.4) is 0 Å². The van der Waals surface area contributed by atoms with Gasteiger partial charge in [0, 0.05) is 12.5 Å². The summed E-state index contributed by atoms with van der Waals surface area (Å²) in [7, 11) is -1.68. The smallest absolute Gasteiger partial charge is 0.191 e. The van der Waals surface area contributed by atoms with Gasteiger partial charge in [-0.1, -0.05) is 64.1 Å². The summed E-state index contributed by atoms with van der Waals surface area (Å²) >= 11 is 0. The standard InChI is InChI=1S/C20H34O2Si/c1-8-17(2)19(21-16-18-12-10-9-11-13-18)14-15-22-23(6,7)20(3,4)5/h8-13,17,19H,1,14-16H2,2-7H3/t17-,19-/m0/s1. The number of benzene rings is 1. The molecule has 0 aliphatic carbocycles. The van der Waals surface area contributed by atoms with E-state index in [1.54, 1.807) is 0 Å². The van der Waals surface area contributed by atoms with Crippen LogP contribution in [0.5, 0.6) is 0 Å². The van der Waals surface area contributed by atoms with Crippen LogP contribution in [0.15, 0.2) is 43.0 Å². The van der Waals surface area contributed by atoms with E-state index in [-0.39, 0.29) is 11.1 Å². The SMILES string of the molecule is C=C[C@H](C)[C@H](CCO[Si](C)(C)C(C)(C)C)OCc1ccccc1. The molecule has 130 valence electrons. The zero-order valence-electron chi connectivity index (χ0n) is 15.8. The zero-order chi connectivity index (χ0) is 17.5. The van der Waals surface area contributed by atoms with Gasteiger partial charge in [0.2, 0.25) is 0 Å². The van der Waals surface area contributed by atoms with E-state index in [0.29, 0.717) is 12.5 Å². The Bertz CT molecular complexity index is 462. The second-order valence-corrected chi connectivity index (χ2v) is 12.6. The van der Waals surface area contributed by atoms with E-state index in [9.17, 15) is 0 Å². The summed E-state index contributed by atoms with van der Waals surface area (Å²) in [5.74, 6) is 0.321. The minimum absolute atomic E-state index is 0.150. The van der Waals surface area contributed by atoms with Crippen LogP contribution in [-0.2, 0) is 15.8 Å². The highest BCUT2D eigenvalue weighted by molar-refractivity contribution is 6.74. The Balaban J connectivity index is 2.54. The maximum Gasteiger partial charge on any atom is 0.191 e. The van der Waals surface area contributed by atoms with Crippen molar-refractivity contribution >= 4 is 8.32 Å². The van der Waals surface area contributed by atoms with Gasteiger partial charge in [-0.25, -0.2) is 0 Å². The molecule has 1 rings (SSSR count). The molecule has 0 amide bonds. The van der Waals surface area contributed by atoms with Crippen molar-refractivity contribution in [2.24, 2.45) is 5.92 Å². The molecule has 0 bridgehead atoms. The number of ether oxygens (including phenoxy) is 1. The normalized spacial score (nSPS) is 15.2. The van der Waals surface area contributed by atoms with Gasteiger partial charge >= 0.3 is 0 Å². The van der Waals surface area contributed by atoms with E-state index in [0.717, 1.165) is 13.0 Å². The van der Waals surface area contributed by atoms with Crippen molar-refractivity contribution in [3.05, 3.63) is 48.6 Å². The summed E-state index contributed by atoms with van der Waals surface area (Å²) in [6.45, 7) is 18.9. The molecule has 1 aromatic carbocycles. The first kappa shape index (κ1) is 20.1. The van der Waals surface area contributed by atoms with Gasteiger partial charge in [0.25, 0.3) is 0 Å². The molecule has 0 N–H and O–H groups in total. The Kier molecular flexibility index (Phi) is 7.72. The molecular weight excluding hydrogens is 300 g/mol. The van der Waals surface area contributed by atoms with Crippen molar-refractivity contribution in [3.63, 3.8) is 0 Å². The molecule has 0 heterocycles. The van der Waals surface area contributed by atoms with Gasteiger partial charge in [0.05, 0.1) is 12.7 Å². The maximum atomic E-state index is 6.30. The number of hydrogen-bond acceptors (Lipinski definition) is 2. The highest BCUT2D eigenvalue weighted by atomic mass is 28.4. The minimum Gasteiger partial charge on any atom is -0.417 e. The largest absolute Gasteiger partial charge is 0.417 e. The third kappa shape index (κ3) is 6.62. The molecule has 3 heteroatoms. The topological polar surface area (TPSA) is 18.5 Å². The van der Waals surface area contributed by atoms with Crippen molar-refractivity contribution in [3.8, 4) is 0 Å². The lowest BCUT2D eigenvalue weighted by Gasteiger charge is -2.36. The molecule has 0 aromatic heterocycles. The Labute approximate surface area is 144 Å². The number of hydrogen-bond donors (Lipinski definition) is 0. The maximum absolute atomic E-state index is 6.30. The predicted molar refractivity (Wildman–Crippen MR) is 102 cm³/mol. The summed E-state index contributed by atoms with van der Waals surface area (Å²) in [6.07, 6.45) is 3.03. The summed E-state index contributed by atoms with van der Waals surface area (Å²) in [6, 6.07) is 10.3. The fourth-order valence-electron chi connectivity index (χ4n) is 2.07. The summed E-state index contributed by atoms with van der Waals surface area (Å²) in [5, 5.41) is 0.247. The highest BCUT2D eigenvalue weighted by Crippen LogP contribution is 2.36. The summed E-state index contributed by atoms with van der Waals surface area (Å²) < 4.78 is 12.4. The quantitative estimate of drug-likeness (QED) is 0.419. The zero-order valence-corrected chi connectivity index (χ0v) is 16.8. The monoisotopic (exact) mass is 334 g/mol. The second-order valence-electron chi connectivity index (χ2n) is 7.83. The molecule has 0 aliphatic heterocycles. The molecule has 0 saturated heterocycles. The van der Waals surface area contributed by atoms with E-state index in [1.807, 2.05) is 24.3 Å². The highest BCUT2D eigenvalue weighted by Gasteiger charge is 2.37. The predicted octanol–water partition coefficient (Wildman–Crippen LogP) is 5.81. The Hall–Kier alpha value is -0.903. The minimum atomic E-state index is -1.68. The first-order valence-corrected chi connectivity index (χ1v) is 11.5. The lowest BCUT2D eigenvalue weighted by atomic mass is 10.0. The molecule has 23 heavy (non-hydrogen) atoms. The second kappa shape index (κ2) is 8.81. The van der Waals surface area contributed by atoms with Crippen LogP contribution < -0.4 is 0 Å². The van der Waals surface area contributed by atoms with Crippen LogP contribution in [0.25, 0.3) is 0 Å². The first-order chi connectivity index (χ1) is 10.7.